The fourth-order valence-electron chi connectivity index (χ4n) is 2.20. The van der Waals surface area contributed by atoms with Crippen LogP contribution in [0.1, 0.15) is 26.8 Å². The van der Waals surface area contributed by atoms with E-state index in [1.54, 1.807) is 6.92 Å². The number of aromatic nitrogens is 2. The minimum atomic E-state index is -0.975. The number of rotatable bonds is 5. The Morgan fingerprint density at radius 2 is 2.05 bits per heavy atom. The van der Waals surface area contributed by atoms with Gasteiger partial charge in [-0.15, -0.1) is 0 Å². The number of nitrogens with zero attached hydrogens (tertiary/aromatic N) is 2. The summed E-state index contributed by atoms with van der Waals surface area (Å²) in [5, 5.41) is 0. The Hall–Kier alpha value is -2.02. The molecule has 0 saturated heterocycles. The molecule has 21 heavy (non-hydrogen) atoms. The maximum absolute atomic E-state index is 13.4. The normalized spacial score (nSPS) is 12.9. The van der Waals surface area contributed by atoms with Crippen molar-refractivity contribution in [3.05, 3.63) is 30.1 Å². The molecule has 0 radical (unpaired) electrons. The Bertz CT molecular complexity index is 655. The average Bonchev–Trinajstić information content (AvgIpc) is 2.80. The molecular weight excluding hydrogens is 280 g/mol. The molecule has 0 bridgehead atoms. The average molecular weight is 297 g/mol. The minimum absolute atomic E-state index is 0.0871. The second-order valence-corrected chi connectivity index (χ2v) is 5.00. The van der Waals surface area contributed by atoms with Crippen molar-refractivity contribution in [2.45, 2.75) is 26.8 Å². The van der Waals surface area contributed by atoms with Crippen LogP contribution in [0.2, 0.25) is 0 Å². The van der Waals surface area contributed by atoms with Crippen molar-refractivity contribution >= 4 is 16.9 Å². The summed E-state index contributed by atoms with van der Waals surface area (Å²) in [6.07, 6.45) is 1.40. The van der Waals surface area contributed by atoms with Crippen LogP contribution in [0.5, 0.6) is 0 Å². The summed E-state index contributed by atoms with van der Waals surface area (Å²) < 4.78 is 28.2. The molecule has 0 saturated carbocycles. The van der Waals surface area contributed by atoms with Crippen molar-refractivity contribution in [3.63, 3.8) is 0 Å². The molecule has 0 aliphatic heterocycles. The summed E-state index contributed by atoms with van der Waals surface area (Å²) in [7, 11) is 0. The summed E-state index contributed by atoms with van der Waals surface area (Å²) in [5.41, 5.74) is 2.99. The molecule has 1 heterocycles. The first-order valence-electron chi connectivity index (χ1n) is 6.69. The first-order chi connectivity index (χ1) is 9.95. The second-order valence-electron chi connectivity index (χ2n) is 5.00. The highest BCUT2D eigenvalue weighted by atomic mass is 19.2. The van der Waals surface area contributed by atoms with Crippen molar-refractivity contribution in [2.75, 3.05) is 6.61 Å². The smallest absolute Gasteiger partial charge is 0.266 e. The van der Waals surface area contributed by atoms with Gasteiger partial charge in [0.1, 0.15) is 6.04 Å². The number of imidazole rings is 1. The molecule has 2 rings (SSSR count). The lowest BCUT2D eigenvalue weighted by Gasteiger charge is -2.22. The Labute approximate surface area is 120 Å². The van der Waals surface area contributed by atoms with E-state index in [0.29, 0.717) is 17.6 Å². The number of halogens is 2. The van der Waals surface area contributed by atoms with Crippen molar-refractivity contribution < 1.29 is 18.4 Å². The molecular formula is C14H17F2N3O2. The maximum atomic E-state index is 13.4. The number of carbonyl (C=O) groups is 1. The lowest BCUT2D eigenvalue weighted by atomic mass is 10.0. The molecule has 0 fully saturated rings. The summed E-state index contributed by atoms with van der Waals surface area (Å²) in [6, 6.07) is 1.42. The van der Waals surface area contributed by atoms with E-state index >= 15 is 0 Å². The summed E-state index contributed by atoms with van der Waals surface area (Å²) in [6.45, 7) is 5.78. The summed E-state index contributed by atoms with van der Waals surface area (Å²) >= 11 is 0. The van der Waals surface area contributed by atoms with Gasteiger partial charge in [0.15, 0.2) is 11.6 Å². The Morgan fingerprint density at radius 3 is 2.67 bits per heavy atom. The van der Waals surface area contributed by atoms with Crippen LogP contribution in [-0.4, -0.2) is 22.1 Å². The first-order valence-corrected chi connectivity index (χ1v) is 6.69. The molecule has 0 spiro atoms. The van der Waals surface area contributed by atoms with E-state index < -0.39 is 17.7 Å². The van der Waals surface area contributed by atoms with Crippen LogP contribution in [0.4, 0.5) is 8.78 Å². The molecule has 1 amide bonds. The summed E-state index contributed by atoms with van der Waals surface area (Å²) in [5.74, 6) is -2.39. The zero-order valence-corrected chi connectivity index (χ0v) is 12.1. The lowest BCUT2D eigenvalue weighted by molar-refractivity contribution is -0.137. The van der Waals surface area contributed by atoms with Crippen molar-refractivity contribution in [1.82, 2.24) is 15.0 Å². The molecule has 1 unspecified atom stereocenters. The second kappa shape index (κ2) is 6.17. The molecule has 5 nitrogen and oxygen atoms in total. The number of amides is 1. The molecule has 2 aromatic rings. The van der Waals surface area contributed by atoms with Crippen molar-refractivity contribution in [1.29, 1.82) is 0 Å². The van der Waals surface area contributed by atoms with Gasteiger partial charge in [0.25, 0.3) is 5.91 Å². The Morgan fingerprint density at radius 1 is 1.38 bits per heavy atom. The van der Waals surface area contributed by atoms with Gasteiger partial charge in [0.05, 0.1) is 24.0 Å². The zero-order chi connectivity index (χ0) is 15.6. The van der Waals surface area contributed by atoms with Crippen LogP contribution in [-0.2, 0) is 9.63 Å². The van der Waals surface area contributed by atoms with Crippen molar-refractivity contribution in [3.8, 4) is 0 Å². The van der Waals surface area contributed by atoms with Crippen LogP contribution in [0.25, 0.3) is 11.0 Å². The van der Waals surface area contributed by atoms with Crippen LogP contribution in [0.15, 0.2) is 18.5 Å². The third-order valence-electron chi connectivity index (χ3n) is 3.13. The van der Waals surface area contributed by atoms with Gasteiger partial charge in [-0.2, -0.15) is 0 Å². The number of benzene rings is 1. The number of hydrogen-bond acceptors (Lipinski definition) is 3. The summed E-state index contributed by atoms with van der Waals surface area (Å²) in [4.78, 5) is 21.1. The highest BCUT2D eigenvalue weighted by Crippen LogP contribution is 2.25. The third-order valence-corrected chi connectivity index (χ3v) is 3.13. The van der Waals surface area contributed by atoms with E-state index in [0.717, 1.165) is 12.1 Å². The molecule has 0 aliphatic carbocycles. The van der Waals surface area contributed by atoms with Gasteiger partial charge in [-0.05, 0) is 12.8 Å². The number of nitrogens with one attached hydrogen (secondary N) is 1. The minimum Gasteiger partial charge on any atom is -0.317 e. The fraction of sp³-hybridized carbons (Fsp3) is 0.429. The number of carbonyl (C=O) groups excluding carboxylic acids is 1. The maximum Gasteiger partial charge on any atom is 0.266 e. The van der Waals surface area contributed by atoms with Crippen LogP contribution < -0.4 is 5.48 Å². The third kappa shape index (κ3) is 3.02. The largest absolute Gasteiger partial charge is 0.317 e. The predicted octanol–water partition coefficient (Wildman–Crippen LogP) is 2.58. The fourth-order valence-corrected chi connectivity index (χ4v) is 2.20. The SMILES string of the molecule is CCONC(=O)C(C(C)C)n1cnc2cc(F)c(F)cc21. The molecule has 1 N–H and O–H groups in total. The quantitative estimate of drug-likeness (QED) is 0.863. The van der Waals surface area contributed by atoms with Gasteiger partial charge in [0, 0.05) is 12.1 Å². The Kier molecular flexibility index (Phi) is 4.52. The lowest BCUT2D eigenvalue weighted by Crippen LogP contribution is -2.35. The van der Waals surface area contributed by atoms with Gasteiger partial charge in [-0.1, -0.05) is 13.8 Å². The number of hydrogen-bond donors (Lipinski definition) is 1. The monoisotopic (exact) mass is 297 g/mol. The first kappa shape index (κ1) is 15.4. The molecule has 1 aromatic carbocycles. The molecule has 1 atom stereocenters. The van der Waals surface area contributed by atoms with Gasteiger partial charge >= 0.3 is 0 Å². The predicted molar refractivity (Wildman–Crippen MR) is 73.3 cm³/mol. The topological polar surface area (TPSA) is 56.1 Å². The van der Waals surface area contributed by atoms with Crippen LogP contribution >= 0.6 is 0 Å². The van der Waals surface area contributed by atoms with E-state index in [9.17, 15) is 13.6 Å². The van der Waals surface area contributed by atoms with E-state index in [1.165, 1.54) is 10.9 Å². The van der Waals surface area contributed by atoms with Crippen LogP contribution in [0.3, 0.4) is 0 Å². The number of fused-ring (bicyclic) bond motifs is 1. The van der Waals surface area contributed by atoms with Crippen molar-refractivity contribution in [2.24, 2.45) is 5.92 Å². The number of hydroxylamine groups is 1. The van der Waals surface area contributed by atoms with Crippen LogP contribution in [0, 0.1) is 17.6 Å². The highest BCUT2D eigenvalue weighted by molar-refractivity contribution is 5.83. The molecule has 114 valence electrons. The zero-order valence-electron chi connectivity index (χ0n) is 12.1. The Balaban J connectivity index is 2.45. The standard InChI is InChI=1S/C14H17F2N3O2/c1-4-21-18-14(20)13(8(2)3)19-7-17-11-5-9(15)10(16)6-12(11)19/h5-8,13H,4H2,1-3H3,(H,18,20). The van der Waals surface area contributed by atoms with E-state index in [1.807, 2.05) is 13.8 Å². The van der Waals surface area contributed by atoms with Gasteiger partial charge in [-0.3, -0.25) is 9.63 Å². The van der Waals surface area contributed by atoms with E-state index in [2.05, 4.69) is 10.5 Å². The van der Waals surface area contributed by atoms with Gasteiger partial charge in [0.2, 0.25) is 0 Å². The van der Waals surface area contributed by atoms with E-state index in [-0.39, 0.29) is 11.8 Å². The van der Waals surface area contributed by atoms with E-state index in [4.69, 9.17) is 4.84 Å². The molecule has 1 aromatic heterocycles. The molecule has 7 heteroatoms. The molecule has 0 aliphatic rings. The highest BCUT2D eigenvalue weighted by Gasteiger charge is 2.26. The van der Waals surface area contributed by atoms with Gasteiger partial charge in [-0.25, -0.2) is 19.2 Å². The van der Waals surface area contributed by atoms with Gasteiger partial charge < -0.3 is 4.57 Å².